The molecule has 0 aliphatic carbocycles. The van der Waals surface area contributed by atoms with Crippen LogP contribution < -0.4 is 14.8 Å². The quantitative estimate of drug-likeness (QED) is 0.502. The summed E-state index contributed by atoms with van der Waals surface area (Å²) in [6.45, 7) is 5.79. The molecule has 2 heterocycles. The molecule has 0 radical (unpaired) electrons. The lowest BCUT2D eigenvalue weighted by molar-refractivity contribution is 0.0946. The van der Waals surface area contributed by atoms with E-state index in [4.69, 9.17) is 9.47 Å². The van der Waals surface area contributed by atoms with Crippen molar-refractivity contribution in [3.8, 4) is 16.7 Å². The zero-order valence-corrected chi connectivity index (χ0v) is 20.0. The van der Waals surface area contributed by atoms with Crippen LogP contribution in [0.4, 0.5) is 0 Å². The van der Waals surface area contributed by atoms with Gasteiger partial charge in [0.15, 0.2) is 17.3 Å². The maximum atomic E-state index is 12.7. The Morgan fingerprint density at radius 1 is 1.09 bits per heavy atom. The van der Waals surface area contributed by atoms with E-state index in [2.05, 4.69) is 50.8 Å². The van der Waals surface area contributed by atoms with Crippen LogP contribution in [0, 0.1) is 6.92 Å². The average Bonchev–Trinajstić information content (AvgIpc) is 3.27. The Hall–Kier alpha value is -2.97. The molecular weight excluding hydrogens is 436 g/mol. The number of piperidine rings is 1. The van der Waals surface area contributed by atoms with Gasteiger partial charge in [0, 0.05) is 36.6 Å². The summed E-state index contributed by atoms with van der Waals surface area (Å²) in [5.74, 6) is 1.55. The Morgan fingerprint density at radius 3 is 2.64 bits per heavy atom. The standard InChI is InChI=1S/C25H30N4O3S/c1-18-6-8-19(9-7-18)16-23-27-25(33-28-23)32-22-17-20(10-11-21(22)31-2)24(30)26-12-15-29-13-4-3-5-14-29/h6-11,17H,3-5,12-16H2,1-2H3,(H,26,30). The van der Waals surface area contributed by atoms with Crippen molar-refractivity contribution >= 4 is 17.4 Å². The van der Waals surface area contributed by atoms with Crippen LogP contribution in [0.2, 0.25) is 0 Å². The van der Waals surface area contributed by atoms with Crippen LogP contribution in [-0.2, 0) is 6.42 Å². The van der Waals surface area contributed by atoms with Crippen molar-refractivity contribution < 1.29 is 14.3 Å². The van der Waals surface area contributed by atoms with Crippen molar-refractivity contribution in [2.24, 2.45) is 0 Å². The molecule has 7 nitrogen and oxygen atoms in total. The second kappa shape index (κ2) is 11.2. The van der Waals surface area contributed by atoms with Crippen LogP contribution in [0.5, 0.6) is 16.7 Å². The number of amides is 1. The van der Waals surface area contributed by atoms with E-state index in [9.17, 15) is 4.79 Å². The van der Waals surface area contributed by atoms with Crippen molar-refractivity contribution in [1.29, 1.82) is 0 Å². The third-order valence-corrected chi connectivity index (χ3v) is 6.35. The molecule has 2 aromatic carbocycles. The highest BCUT2D eigenvalue weighted by Gasteiger charge is 2.15. The summed E-state index contributed by atoms with van der Waals surface area (Å²) < 4.78 is 15.8. The number of aryl methyl sites for hydroxylation is 1. The number of likely N-dealkylation sites (tertiary alicyclic amines) is 1. The van der Waals surface area contributed by atoms with E-state index >= 15 is 0 Å². The van der Waals surface area contributed by atoms with Gasteiger partial charge in [0.2, 0.25) is 0 Å². The zero-order chi connectivity index (χ0) is 23.0. The lowest BCUT2D eigenvalue weighted by atomic mass is 10.1. The molecule has 1 aliphatic heterocycles. The lowest BCUT2D eigenvalue weighted by Crippen LogP contribution is -2.37. The number of carbonyl (C=O) groups excluding carboxylic acids is 1. The number of ether oxygens (including phenoxy) is 2. The topological polar surface area (TPSA) is 76.6 Å². The fourth-order valence-electron chi connectivity index (χ4n) is 3.84. The Kier molecular flexibility index (Phi) is 7.91. The van der Waals surface area contributed by atoms with Crippen LogP contribution in [0.3, 0.4) is 0 Å². The SMILES string of the molecule is COc1ccc(C(=O)NCCN2CCCCC2)cc1Oc1nc(Cc2ccc(C)cc2)ns1. The number of hydrogen-bond donors (Lipinski definition) is 1. The molecule has 0 atom stereocenters. The maximum Gasteiger partial charge on any atom is 0.298 e. The summed E-state index contributed by atoms with van der Waals surface area (Å²) in [5.41, 5.74) is 2.89. The number of hydrogen-bond acceptors (Lipinski definition) is 7. The molecule has 0 bridgehead atoms. The highest BCUT2D eigenvalue weighted by molar-refractivity contribution is 7.07. The zero-order valence-electron chi connectivity index (χ0n) is 19.2. The van der Waals surface area contributed by atoms with Gasteiger partial charge in [-0.05, 0) is 56.6 Å². The Morgan fingerprint density at radius 2 is 1.88 bits per heavy atom. The number of rotatable bonds is 9. The number of aromatic nitrogens is 2. The maximum absolute atomic E-state index is 12.7. The van der Waals surface area contributed by atoms with Gasteiger partial charge >= 0.3 is 0 Å². The first kappa shape index (κ1) is 23.2. The highest BCUT2D eigenvalue weighted by Crippen LogP contribution is 2.33. The first-order valence-electron chi connectivity index (χ1n) is 11.4. The number of nitrogens with one attached hydrogen (secondary N) is 1. The lowest BCUT2D eigenvalue weighted by Gasteiger charge is -2.26. The molecule has 4 rings (SSSR count). The molecule has 0 spiro atoms. The van der Waals surface area contributed by atoms with Gasteiger partial charge in [0.05, 0.1) is 7.11 Å². The van der Waals surface area contributed by atoms with E-state index in [-0.39, 0.29) is 5.91 Å². The Labute approximate surface area is 198 Å². The highest BCUT2D eigenvalue weighted by atomic mass is 32.1. The van der Waals surface area contributed by atoms with Crippen LogP contribution in [-0.4, -0.2) is 53.5 Å². The van der Waals surface area contributed by atoms with Gasteiger partial charge in [-0.15, -0.1) is 0 Å². The number of nitrogens with zero attached hydrogens (tertiary/aromatic N) is 3. The van der Waals surface area contributed by atoms with Crippen LogP contribution in [0.1, 0.15) is 46.6 Å². The summed E-state index contributed by atoms with van der Waals surface area (Å²) in [7, 11) is 1.57. The summed E-state index contributed by atoms with van der Waals surface area (Å²) in [5, 5.41) is 3.42. The largest absolute Gasteiger partial charge is 0.493 e. The van der Waals surface area contributed by atoms with E-state index in [1.165, 1.54) is 36.4 Å². The fourth-order valence-corrected chi connectivity index (χ4v) is 4.41. The molecule has 33 heavy (non-hydrogen) atoms. The second-order valence-electron chi connectivity index (χ2n) is 8.26. The Balaban J connectivity index is 1.37. The van der Waals surface area contributed by atoms with Gasteiger partial charge in [-0.2, -0.15) is 9.36 Å². The molecule has 1 amide bonds. The number of methoxy groups -OCH3 is 1. The fraction of sp³-hybridized carbons (Fsp3) is 0.400. The molecular formula is C25H30N4O3S. The number of benzene rings is 2. The molecule has 174 valence electrons. The predicted molar refractivity (Wildman–Crippen MR) is 130 cm³/mol. The minimum Gasteiger partial charge on any atom is -0.493 e. The van der Waals surface area contributed by atoms with Gasteiger partial charge in [-0.3, -0.25) is 4.79 Å². The van der Waals surface area contributed by atoms with Gasteiger partial charge in [-0.1, -0.05) is 36.2 Å². The van der Waals surface area contributed by atoms with E-state index in [1.54, 1.807) is 25.3 Å². The van der Waals surface area contributed by atoms with E-state index in [1.807, 2.05) is 0 Å². The van der Waals surface area contributed by atoms with Crippen molar-refractivity contribution in [3.05, 3.63) is 65.0 Å². The molecule has 0 unspecified atom stereocenters. The monoisotopic (exact) mass is 466 g/mol. The first-order chi connectivity index (χ1) is 16.1. The molecule has 1 N–H and O–H groups in total. The third kappa shape index (κ3) is 6.52. The predicted octanol–water partition coefficient (Wildman–Crippen LogP) is 4.45. The summed E-state index contributed by atoms with van der Waals surface area (Å²) in [6, 6.07) is 13.5. The van der Waals surface area contributed by atoms with Crippen LogP contribution >= 0.6 is 11.5 Å². The first-order valence-corrected chi connectivity index (χ1v) is 12.1. The number of carbonyl (C=O) groups is 1. The van der Waals surface area contributed by atoms with Gasteiger partial charge < -0.3 is 19.7 Å². The summed E-state index contributed by atoms with van der Waals surface area (Å²) in [4.78, 5) is 19.6. The molecule has 0 saturated carbocycles. The van der Waals surface area contributed by atoms with Crippen molar-refractivity contribution in [2.75, 3.05) is 33.3 Å². The molecule has 3 aromatic rings. The second-order valence-corrected chi connectivity index (χ2v) is 8.98. The van der Waals surface area contributed by atoms with Gasteiger partial charge in [0.1, 0.15) is 0 Å². The molecule has 1 aliphatic rings. The van der Waals surface area contributed by atoms with Gasteiger partial charge in [-0.25, -0.2) is 0 Å². The minimum atomic E-state index is -0.128. The molecule has 1 aromatic heterocycles. The van der Waals surface area contributed by atoms with Crippen LogP contribution in [0.25, 0.3) is 0 Å². The molecule has 8 heteroatoms. The third-order valence-electron chi connectivity index (χ3n) is 5.72. The van der Waals surface area contributed by atoms with E-state index in [0.29, 0.717) is 41.0 Å². The van der Waals surface area contributed by atoms with Gasteiger partial charge in [0.25, 0.3) is 11.1 Å². The molecule has 1 fully saturated rings. The van der Waals surface area contributed by atoms with Crippen molar-refractivity contribution in [1.82, 2.24) is 19.6 Å². The summed E-state index contributed by atoms with van der Waals surface area (Å²) >= 11 is 1.18. The normalized spacial score (nSPS) is 14.1. The summed E-state index contributed by atoms with van der Waals surface area (Å²) in [6.07, 6.45) is 4.42. The minimum absolute atomic E-state index is 0.128. The van der Waals surface area contributed by atoms with Crippen LogP contribution in [0.15, 0.2) is 42.5 Å². The average molecular weight is 467 g/mol. The van der Waals surface area contributed by atoms with Crippen molar-refractivity contribution in [3.63, 3.8) is 0 Å². The van der Waals surface area contributed by atoms with Crippen molar-refractivity contribution in [2.45, 2.75) is 32.6 Å². The van der Waals surface area contributed by atoms with E-state index in [0.717, 1.165) is 25.2 Å². The Bertz CT molecular complexity index is 1060. The molecule has 1 saturated heterocycles. The smallest absolute Gasteiger partial charge is 0.298 e. The van der Waals surface area contributed by atoms with E-state index < -0.39 is 0 Å².